The Morgan fingerprint density at radius 3 is 3.15 bits per heavy atom. The third-order valence-corrected chi connectivity index (χ3v) is 1.37. The minimum absolute atomic E-state index is 0.587. The van der Waals surface area contributed by atoms with Gasteiger partial charge in [-0.3, -0.25) is 0 Å². The maximum atomic E-state index is 8.60. The zero-order chi connectivity index (χ0) is 9.52. The summed E-state index contributed by atoms with van der Waals surface area (Å²) in [5.41, 5.74) is 1.22. The molecule has 0 fully saturated rings. The summed E-state index contributed by atoms with van der Waals surface area (Å²) in [6.45, 7) is 0.623. The molecule has 0 amide bonds. The molecule has 1 aromatic heterocycles. The van der Waals surface area contributed by atoms with E-state index in [0.29, 0.717) is 17.8 Å². The van der Waals surface area contributed by atoms with E-state index in [1.54, 1.807) is 18.3 Å². The maximum absolute atomic E-state index is 8.60. The molecule has 0 bridgehead atoms. The zero-order valence-electron chi connectivity index (χ0n) is 7.33. The summed E-state index contributed by atoms with van der Waals surface area (Å²) < 4.78 is 0. The number of nitrogens with zero attached hydrogens (tertiary/aromatic N) is 2. The number of aromatic nitrogens is 1. The van der Waals surface area contributed by atoms with Crippen molar-refractivity contribution in [2.45, 2.75) is 0 Å². The average Bonchev–Trinajstić information content (AvgIpc) is 2.19. The number of rotatable bonds is 1. The summed E-state index contributed by atoms with van der Waals surface area (Å²) >= 11 is 0. The van der Waals surface area contributed by atoms with Crippen molar-refractivity contribution in [2.24, 2.45) is 0 Å². The van der Waals surface area contributed by atoms with Crippen LogP contribution in [0.3, 0.4) is 0 Å². The number of pyridine rings is 1. The second-order valence-electron chi connectivity index (χ2n) is 2.37. The van der Waals surface area contributed by atoms with E-state index in [9.17, 15) is 0 Å². The van der Waals surface area contributed by atoms with E-state index in [2.05, 4.69) is 22.1 Å². The molecule has 0 atom stereocenters. The van der Waals surface area contributed by atoms with Gasteiger partial charge in [0.1, 0.15) is 5.69 Å². The minimum Gasteiger partial charge on any atom is -0.309 e. The predicted molar refractivity (Wildman–Crippen MR) is 49.8 cm³/mol. The molecule has 0 unspecified atom stereocenters. The summed E-state index contributed by atoms with van der Waals surface area (Å²) in [6, 6.07) is 5.36. The fourth-order valence-electron chi connectivity index (χ4n) is 0.792. The number of hydrogen-bond donors (Lipinski definition) is 1. The van der Waals surface area contributed by atoms with E-state index in [-0.39, 0.29) is 0 Å². The largest absolute Gasteiger partial charge is 0.309 e. The van der Waals surface area contributed by atoms with Gasteiger partial charge in [-0.15, -0.1) is 0 Å². The summed E-state index contributed by atoms with van der Waals surface area (Å²) in [5.74, 6) is 5.72. The first kappa shape index (κ1) is 9.25. The Balaban J connectivity index is 2.81. The molecule has 1 heterocycles. The summed E-state index contributed by atoms with van der Waals surface area (Å²) in [6.07, 6.45) is 1.59. The molecule has 0 aliphatic heterocycles. The molecule has 3 nitrogen and oxygen atoms in total. The lowest BCUT2D eigenvalue weighted by atomic mass is 10.2. The smallest absolute Gasteiger partial charge is 0.114 e. The lowest BCUT2D eigenvalue weighted by Crippen LogP contribution is -2.04. The van der Waals surface area contributed by atoms with Crippen molar-refractivity contribution in [3.05, 3.63) is 29.6 Å². The van der Waals surface area contributed by atoms with Crippen LogP contribution in [0.25, 0.3) is 0 Å². The van der Waals surface area contributed by atoms with E-state index in [4.69, 9.17) is 5.26 Å². The van der Waals surface area contributed by atoms with Crippen LogP contribution in [0, 0.1) is 23.2 Å². The first-order valence-corrected chi connectivity index (χ1v) is 3.86. The van der Waals surface area contributed by atoms with Crippen molar-refractivity contribution < 1.29 is 0 Å². The van der Waals surface area contributed by atoms with E-state index in [1.165, 1.54) is 0 Å². The Morgan fingerprint density at radius 2 is 2.46 bits per heavy atom. The van der Waals surface area contributed by atoms with E-state index in [0.717, 1.165) is 0 Å². The Hall–Kier alpha value is -1.84. The van der Waals surface area contributed by atoms with Gasteiger partial charge < -0.3 is 5.32 Å². The molecule has 1 aromatic rings. The van der Waals surface area contributed by atoms with Gasteiger partial charge in [-0.1, -0.05) is 5.92 Å². The van der Waals surface area contributed by atoms with Gasteiger partial charge in [0.25, 0.3) is 0 Å². The van der Waals surface area contributed by atoms with Gasteiger partial charge >= 0.3 is 0 Å². The highest BCUT2D eigenvalue weighted by Crippen LogP contribution is 1.97. The van der Waals surface area contributed by atoms with E-state index < -0.39 is 0 Å². The third kappa shape index (κ3) is 2.94. The molecule has 1 rings (SSSR count). The quantitative estimate of drug-likeness (QED) is 0.627. The van der Waals surface area contributed by atoms with Crippen LogP contribution in [-0.4, -0.2) is 18.6 Å². The summed E-state index contributed by atoms with van der Waals surface area (Å²) in [5, 5.41) is 11.5. The Morgan fingerprint density at radius 1 is 1.62 bits per heavy atom. The van der Waals surface area contributed by atoms with Crippen LogP contribution in [0.1, 0.15) is 11.3 Å². The minimum atomic E-state index is 0.587. The van der Waals surface area contributed by atoms with Gasteiger partial charge in [0, 0.05) is 6.20 Å². The number of nitriles is 1. The van der Waals surface area contributed by atoms with Crippen molar-refractivity contribution in [1.82, 2.24) is 10.3 Å². The van der Waals surface area contributed by atoms with Crippen LogP contribution in [0.2, 0.25) is 0 Å². The highest BCUT2D eigenvalue weighted by atomic mass is 14.8. The van der Waals surface area contributed by atoms with Crippen LogP contribution in [0.5, 0.6) is 0 Å². The normalized spacial score (nSPS) is 8.31. The molecule has 0 aliphatic carbocycles. The van der Waals surface area contributed by atoms with Gasteiger partial charge in [0.2, 0.25) is 0 Å². The lowest BCUT2D eigenvalue weighted by molar-refractivity contribution is 0.938. The number of nitrogens with one attached hydrogen (secondary N) is 1. The topological polar surface area (TPSA) is 48.7 Å². The van der Waals surface area contributed by atoms with Crippen LogP contribution in [0.4, 0.5) is 0 Å². The fourth-order valence-corrected chi connectivity index (χ4v) is 0.792. The average molecular weight is 171 g/mol. The molecule has 0 saturated heterocycles. The van der Waals surface area contributed by atoms with Crippen LogP contribution >= 0.6 is 0 Å². The summed E-state index contributed by atoms with van der Waals surface area (Å²) in [7, 11) is 1.83. The molecule has 0 aromatic carbocycles. The van der Waals surface area contributed by atoms with Gasteiger partial charge in [0.15, 0.2) is 0 Å². The van der Waals surface area contributed by atoms with Gasteiger partial charge in [0.05, 0.1) is 18.2 Å². The highest BCUT2D eigenvalue weighted by molar-refractivity contribution is 5.36. The van der Waals surface area contributed by atoms with Gasteiger partial charge in [-0.25, -0.2) is 4.98 Å². The number of hydrogen-bond acceptors (Lipinski definition) is 3. The molecule has 13 heavy (non-hydrogen) atoms. The molecule has 0 spiro atoms. The van der Waals surface area contributed by atoms with Gasteiger partial charge in [-0.05, 0) is 25.1 Å². The van der Waals surface area contributed by atoms with E-state index in [1.807, 2.05) is 13.1 Å². The van der Waals surface area contributed by atoms with Crippen molar-refractivity contribution in [3.8, 4) is 17.9 Å². The molecule has 1 N–H and O–H groups in total. The zero-order valence-corrected chi connectivity index (χ0v) is 7.33. The fraction of sp³-hybridized carbons (Fsp3) is 0.200. The Kier molecular flexibility index (Phi) is 3.50. The molecule has 0 radical (unpaired) electrons. The second kappa shape index (κ2) is 4.92. The Bertz CT molecular complexity index is 379. The van der Waals surface area contributed by atoms with E-state index >= 15 is 0 Å². The first-order valence-electron chi connectivity index (χ1n) is 3.86. The molecular weight excluding hydrogens is 162 g/mol. The van der Waals surface area contributed by atoms with Gasteiger partial charge in [-0.2, -0.15) is 5.26 Å². The summed E-state index contributed by atoms with van der Waals surface area (Å²) in [4.78, 5) is 4.01. The SMILES string of the molecule is CNCC#Cc1cc(C#N)ccn1. The molecular formula is C10H9N3. The third-order valence-electron chi connectivity index (χ3n) is 1.37. The molecule has 3 heteroatoms. The predicted octanol–water partition coefficient (Wildman–Crippen LogP) is 0.524. The molecule has 0 aliphatic rings. The first-order chi connectivity index (χ1) is 6.36. The highest BCUT2D eigenvalue weighted by Gasteiger charge is 1.90. The lowest BCUT2D eigenvalue weighted by Gasteiger charge is -1.89. The van der Waals surface area contributed by atoms with Crippen molar-refractivity contribution in [1.29, 1.82) is 5.26 Å². The van der Waals surface area contributed by atoms with Crippen molar-refractivity contribution >= 4 is 0 Å². The van der Waals surface area contributed by atoms with Crippen molar-refractivity contribution in [2.75, 3.05) is 13.6 Å². The van der Waals surface area contributed by atoms with Crippen LogP contribution < -0.4 is 5.32 Å². The Labute approximate surface area is 77.4 Å². The monoisotopic (exact) mass is 171 g/mol. The standard InChI is InChI=1S/C10H9N3/c1-12-5-2-3-10-7-9(8-11)4-6-13-10/h4,6-7,12H,5H2,1H3. The molecule has 0 saturated carbocycles. The molecule has 64 valence electrons. The van der Waals surface area contributed by atoms with Crippen LogP contribution in [-0.2, 0) is 0 Å². The van der Waals surface area contributed by atoms with Crippen molar-refractivity contribution in [3.63, 3.8) is 0 Å². The second-order valence-corrected chi connectivity index (χ2v) is 2.37. The maximum Gasteiger partial charge on any atom is 0.114 e. The van der Waals surface area contributed by atoms with Crippen LogP contribution in [0.15, 0.2) is 18.3 Å².